The lowest BCUT2D eigenvalue weighted by Gasteiger charge is -2.26. The number of amides is 2. The topological polar surface area (TPSA) is 59.4 Å². The first-order chi connectivity index (χ1) is 9.66. The van der Waals surface area contributed by atoms with Gasteiger partial charge in [-0.1, -0.05) is 13.8 Å². The van der Waals surface area contributed by atoms with Crippen LogP contribution in [0.4, 0.5) is 4.79 Å². The van der Waals surface area contributed by atoms with Crippen LogP contribution in [0.1, 0.15) is 20.3 Å². The molecule has 0 aromatic carbocycles. The summed E-state index contributed by atoms with van der Waals surface area (Å²) in [6.45, 7) is 7.70. The molecule has 1 fully saturated rings. The third-order valence-corrected chi connectivity index (χ3v) is 3.51. The van der Waals surface area contributed by atoms with Crippen molar-refractivity contribution in [2.24, 2.45) is 5.92 Å². The molecule has 1 unspecified atom stereocenters. The molecular weight excluding hydrogens is 256 g/mol. The third-order valence-electron chi connectivity index (χ3n) is 3.51. The molecule has 1 atom stereocenters. The van der Waals surface area contributed by atoms with Crippen molar-refractivity contribution in [3.63, 3.8) is 0 Å². The zero-order valence-corrected chi connectivity index (χ0v) is 12.3. The van der Waals surface area contributed by atoms with E-state index in [1.165, 1.54) is 0 Å². The highest BCUT2D eigenvalue weighted by Gasteiger charge is 2.24. The van der Waals surface area contributed by atoms with Crippen LogP contribution < -0.4 is 5.32 Å². The summed E-state index contributed by atoms with van der Waals surface area (Å²) >= 11 is 0. The average molecular weight is 280 g/mol. The molecular formula is C14H24N4O2. The average Bonchev–Trinajstić information content (AvgIpc) is 2.80. The number of nitrogens with zero attached hydrogens (tertiary/aromatic N) is 3. The van der Waals surface area contributed by atoms with Gasteiger partial charge in [-0.05, 0) is 18.4 Å². The van der Waals surface area contributed by atoms with Gasteiger partial charge in [-0.2, -0.15) is 5.10 Å². The fourth-order valence-corrected chi connectivity index (χ4v) is 2.26. The Kier molecular flexibility index (Phi) is 5.40. The van der Waals surface area contributed by atoms with Gasteiger partial charge < -0.3 is 15.0 Å². The minimum atomic E-state index is -0.00620. The molecule has 1 aliphatic rings. The van der Waals surface area contributed by atoms with E-state index in [4.69, 9.17) is 4.74 Å². The molecule has 0 bridgehead atoms. The van der Waals surface area contributed by atoms with E-state index in [0.29, 0.717) is 25.6 Å². The highest BCUT2D eigenvalue weighted by Crippen LogP contribution is 2.13. The normalized spacial score (nSPS) is 19.9. The van der Waals surface area contributed by atoms with Gasteiger partial charge in [-0.3, -0.25) is 4.68 Å². The van der Waals surface area contributed by atoms with Crippen molar-refractivity contribution < 1.29 is 9.53 Å². The number of ether oxygens (including phenoxy) is 1. The number of nitrogens with one attached hydrogen (secondary N) is 1. The lowest BCUT2D eigenvalue weighted by atomic mass is 10.1. The lowest BCUT2D eigenvalue weighted by Crippen LogP contribution is -2.45. The zero-order valence-electron chi connectivity index (χ0n) is 12.3. The van der Waals surface area contributed by atoms with E-state index < -0.39 is 0 Å². The molecule has 2 heterocycles. The molecule has 2 rings (SSSR count). The van der Waals surface area contributed by atoms with Crippen molar-refractivity contribution in [3.05, 3.63) is 18.5 Å². The molecule has 1 aromatic rings. The molecule has 0 spiro atoms. The fraction of sp³-hybridized carbons (Fsp3) is 0.714. The summed E-state index contributed by atoms with van der Waals surface area (Å²) in [7, 11) is 0. The van der Waals surface area contributed by atoms with Crippen LogP contribution in [0, 0.1) is 5.92 Å². The highest BCUT2D eigenvalue weighted by atomic mass is 16.5. The van der Waals surface area contributed by atoms with Crippen molar-refractivity contribution in [2.45, 2.75) is 32.9 Å². The quantitative estimate of drug-likeness (QED) is 0.905. The molecule has 0 radical (unpaired) electrons. The van der Waals surface area contributed by atoms with Gasteiger partial charge in [0.05, 0.1) is 12.6 Å². The highest BCUT2D eigenvalue weighted by molar-refractivity contribution is 5.74. The molecule has 0 saturated carbocycles. The van der Waals surface area contributed by atoms with Crippen LogP contribution in [-0.2, 0) is 11.3 Å². The van der Waals surface area contributed by atoms with E-state index in [1.807, 2.05) is 21.8 Å². The molecule has 1 aromatic heterocycles. The summed E-state index contributed by atoms with van der Waals surface area (Å²) in [5, 5.41) is 7.06. The van der Waals surface area contributed by atoms with Gasteiger partial charge in [0, 0.05) is 38.6 Å². The second-order valence-electron chi connectivity index (χ2n) is 5.45. The predicted molar refractivity (Wildman–Crippen MR) is 76.4 cm³/mol. The number of aromatic nitrogens is 2. The molecule has 1 N–H and O–H groups in total. The Morgan fingerprint density at radius 3 is 3.10 bits per heavy atom. The van der Waals surface area contributed by atoms with Gasteiger partial charge in [-0.25, -0.2) is 4.79 Å². The minimum Gasteiger partial charge on any atom is -0.376 e. The SMILES string of the molecule is CC(C)C1CN(C(=O)NCCn2cccn2)CCCO1. The summed E-state index contributed by atoms with van der Waals surface area (Å²) in [4.78, 5) is 14.0. The monoisotopic (exact) mass is 280 g/mol. The number of hydrogen-bond acceptors (Lipinski definition) is 3. The summed E-state index contributed by atoms with van der Waals surface area (Å²) in [5.74, 6) is 0.424. The first kappa shape index (κ1) is 14.8. The Morgan fingerprint density at radius 1 is 1.55 bits per heavy atom. The summed E-state index contributed by atoms with van der Waals surface area (Å²) < 4.78 is 7.58. The fourth-order valence-electron chi connectivity index (χ4n) is 2.26. The largest absolute Gasteiger partial charge is 0.376 e. The van der Waals surface area contributed by atoms with E-state index in [2.05, 4.69) is 24.3 Å². The molecule has 20 heavy (non-hydrogen) atoms. The van der Waals surface area contributed by atoms with E-state index in [9.17, 15) is 4.79 Å². The van der Waals surface area contributed by atoms with E-state index in [1.54, 1.807) is 6.20 Å². The van der Waals surface area contributed by atoms with Crippen LogP contribution in [0.5, 0.6) is 0 Å². The summed E-state index contributed by atoms with van der Waals surface area (Å²) in [5.41, 5.74) is 0. The van der Waals surface area contributed by atoms with E-state index in [0.717, 1.165) is 19.6 Å². The second-order valence-corrected chi connectivity index (χ2v) is 5.45. The van der Waals surface area contributed by atoms with Gasteiger partial charge in [0.2, 0.25) is 0 Å². The molecule has 0 aliphatic carbocycles. The number of urea groups is 1. The van der Waals surface area contributed by atoms with Crippen LogP contribution in [0.2, 0.25) is 0 Å². The van der Waals surface area contributed by atoms with Gasteiger partial charge in [0.25, 0.3) is 0 Å². The van der Waals surface area contributed by atoms with Crippen molar-refractivity contribution in [1.29, 1.82) is 0 Å². The maximum Gasteiger partial charge on any atom is 0.317 e. The molecule has 112 valence electrons. The van der Waals surface area contributed by atoms with Crippen LogP contribution in [0.15, 0.2) is 18.5 Å². The van der Waals surface area contributed by atoms with Gasteiger partial charge in [0.1, 0.15) is 0 Å². The van der Waals surface area contributed by atoms with Crippen LogP contribution in [-0.4, -0.2) is 53.1 Å². The van der Waals surface area contributed by atoms with Crippen molar-refractivity contribution in [1.82, 2.24) is 20.0 Å². The number of carbonyl (C=O) groups is 1. The van der Waals surface area contributed by atoms with Crippen molar-refractivity contribution >= 4 is 6.03 Å². The van der Waals surface area contributed by atoms with Crippen LogP contribution in [0.25, 0.3) is 0 Å². The second kappa shape index (κ2) is 7.28. The van der Waals surface area contributed by atoms with Crippen LogP contribution in [0.3, 0.4) is 0 Å². The van der Waals surface area contributed by atoms with Crippen LogP contribution >= 0.6 is 0 Å². The Bertz CT molecular complexity index is 405. The Hall–Kier alpha value is -1.56. The molecule has 6 heteroatoms. The van der Waals surface area contributed by atoms with Crippen molar-refractivity contribution in [3.8, 4) is 0 Å². The van der Waals surface area contributed by atoms with Crippen molar-refractivity contribution in [2.75, 3.05) is 26.2 Å². The summed E-state index contributed by atoms with van der Waals surface area (Å²) in [6, 6.07) is 1.87. The maximum absolute atomic E-state index is 12.2. The Morgan fingerprint density at radius 2 is 2.40 bits per heavy atom. The van der Waals surface area contributed by atoms with Gasteiger partial charge in [-0.15, -0.1) is 0 Å². The third kappa shape index (κ3) is 4.23. The standard InChI is InChI=1S/C14H24N4O2/c1-12(2)13-11-17(7-4-10-20-13)14(19)15-6-9-18-8-3-5-16-18/h3,5,8,12-13H,4,6-7,9-11H2,1-2H3,(H,15,19). The van der Waals surface area contributed by atoms with Gasteiger partial charge >= 0.3 is 6.03 Å². The Balaban J connectivity index is 1.78. The van der Waals surface area contributed by atoms with E-state index in [-0.39, 0.29) is 12.1 Å². The van der Waals surface area contributed by atoms with Gasteiger partial charge in [0.15, 0.2) is 0 Å². The minimum absolute atomic E-state index is 0.00620. The zero-order chi connectivity index (χ0) is 14.4. The molecule has 1 aliphatic heterocycles. The van der Waals surface area contributed by atoms with E-state index >= 15 is 0 Å². The maximum atomic E-state index is 12.2. The Labute approximate surface area is 120 Å². The summed E-state index contributed by atoms with van der Waals surface area (Å²) in [6.07, 6.45) is 4.66. The lowest BCUT2D eigenvalue weighted by molar-refractivity contribution is 0.0267. The first-order valence-electron chi connectivity index (χ1n) is 7.28. The number of carbonyl (C=O) groups excluding carboxylic acids is 1. The predicted octanol–water partition coefficient (Wildman–Crippen LogP) is 1.34. The first-order valence-corrected chi connectivity index (χ1v) is 7.28. The molecule has 2 amide bonds. The smallest absolute Gasteiger partial charge is 0.317 e. The molecule has 6 nitrogen and oxygen atoms in total. The number of hydrogen-bond donors (Lipinski definition) is 1. The molecule has 1 saturated heterocycles. The number of rotatable bonds is 4.